The van der Waals surface area contributed by atoms with Gasteiger partial charge < -0.3 is 9.84 Å². The minimum absolute atomic E-state index is 0.696. The van der Waals surface area contributed by atoms with E-state index in [1.165, 1.54) is 25.7 Å². The predicted octanol–water partition coefficient (Wildman–Crippen LogP) is 0.501. The van der Waals surface area contributed by atoms with Crippen LogP contribution >= 0.6 is 0 Å². The number of rotatable bonds is 4. The van der Waals surface area contributed by atoms with Gasteiger partial charge in [-0.2, -0.15) is 4.98 Å². The largest absolute Gasteiger partial charge is 0.338 e. The zero-order chi connectivity index (χ0) is 10.5. The van der Waals surface area contributed by atoms with Gasteiger partial charge in [0.25, 0.3) is 0 Å². The second-order valence-electron chi connectivity index (χ2n) is 4.24. The van der Waals surface area contributed by atoms with Gasteiger partial charge in [-0.1, -0.05) is 5.16 Å². The van der Waals surface area contributed by atoms with Crippen LogP contribution in [0.2, 0.25) is 0 Å². The van der Waals surface area contributed by atoms with E-state index in [1.54, 1.807) is 0 Å². The van der Waals surface area contributed by atoms with Gasteiger partial charge in [0.15, 0.2) is 6.33 Å². The average molecular weight is 210 g/mol. The molecule has 0 aromatic carbocycles. The summed E-state index contributed by atoms with van der Waals surface area (Å²) in [6.07, 6.45) is 4.06. The zero-order valence-electron chi connectivity index (χ0n) is 9.15. The molecule has 5 nitrogen and oxygen atoms in total. The Morgan fingerprint density at radius 2 is 2.60 bits per heavy atom. The molecule has 0 spiro atoms. The van der Waals surface area contributed by atoms with Crippen molar-refractivity contribution in [1.29, 1.82) is 0 Å². The van der Waals surface area contributed by atoms with Crippen molar-refractivity contribution in [3.63, 3.8) is 0 Å². The molecule has 1 aromatic rings. The van der Waals surface area contributed by atoms with E-state index in [-0.39, 0.29) is 0 Å². The predicted molar refractivity (Wildman–Crippen MR) is 56.2 cm³/mol. The fraction of sp³-hybridized carbons (Fsp3) is 0.800. The summed E-state index contributed by atoms with van der Waals surface area (Å²) >= 11 is 0. The third-order valence-corrected chi connectivity index (χ3v) is 2.78. The molecule has 0 saturated carbocycles. The molecule has 0 radical (unpaired) electrons. The molecule has 0 bridgehead atoms. The lowest BCUT2D eigenvalue weighted by molar-refractivity contribution is 0.213. The van der Waals surface area contributed by atoms with Crippen molar-refractivity contribution in [2.24, 2.45) is 5.92 Å². The van der Waals surface area contributed by atoms with Crippen molar-refractivity contribution in [3.05, 3.63) is 12.2 Å². The molecule has 1 atom stereocenters. The summed E-state index contributed by atoms with van der Waals surface area (Å²) in [5.74, 6) is 1.45. The molecule has 1 unspecified atom stereocenters. The maximum Gasteiger partial charge on any atom is 0.240 e. The first-order valence-corrected chi connectivity index (χ1v) is 5.49. The Balaban J connectivity index is 1.74. The number of hydrogen-bond acceptors (Lipinski definition) is 5. The third-order valence-electron chi connectivity index (χ3n) is 2.78. The van der Waals surface area contributed by atoms with E-state index in [0.29, 0.717) is 5.89 Å². The Hall–Kier alpha value is -0.940. The summed E-state index contributed by atoms with van der Waals surface area (Å²) in [7, 11) is 2.10. The molecule has 2 heterocycles. The zero-order valence-corrected chi connectivity index (χ0v) is 9.15. The normalized spacial score (nSPS) is 22.1. The number of hydrogen-bond donors (Lipinski definition) is 1. The van der Waals surface area contributed by atoms with Crippen LogP contribution in [0, 0.1) is 5.92 Å². The van der Waals surface area contributed by atoms with Gasteiger partial charge in [-0.05, 0) is 38.9 Å². The Kier molecular flexibility index (Phi) is 3.69. The van der Waals surface area contributed by atoms with E-state index in [4.69, 9.17) is 4.52 Å². The second-order valence-corrected chi connectivity index (χ2v) is 4.24. The molecule has 2 rings (SSSR count). The summed E-state index contributed by atoms with van der Waals surface area (Å²) in [6.45, 7) is 4.14. The van der Waals surface area contributed by atoms with E-state index in [0.717, 1.165) is 25.6 Å². The average Bonchev–Trinajstić information content (AvgIpc) is 2.71. The van der Waals surface area contributed by atoms with Gasteiger partial charge >= 0.3 is 0 Å². The SMILES string of the molecule is CN(Cc1ncno1)CC1CCCNC1. The Morgan fingerprint density at radius 1 is 1.67 bits per heavy atom. The summed E-state index contributed by atoms with van der Waals surface area (Å²) in [5.41, 5.74) is 0. The molecule has 1 N–H and O–H groups in total. The molecule has 0 amide bonds. The van der Waals surface area contributed by atoms with E-state index in [1.807, 2.05) is 0 Å². The van der Waals surface area contributed by atoms with Crippen LogP contribution in [0.25, 0.3) is 0 Å². The quantitative estimate of drug-likeness (QED) is 0.784. The van der Waals surface area contributed by atoms with E-state index in [2.05, 4.69) is 27.4 Å². The van der Waals surface area contributed by atoms with Gasteiger partial charge in [-0.25, -0.2) is 0 Å². The van der Waals surface area contributed by atoms with Gasteiger partial charge in [0.2, 0.25) is 5.89 Å². The summed E-state index contributed by atoms with van der Waals surface area (Å²) < 4.78 is 4.97. The standard InChI is InChI=1S/C10H18N4O/c1-14(7-10-12-8-13-15-10)6-9-3-2-4-11-5-9/h8-9,11H,2-7H2,1H3. The smallest absolute Gasteiger partial charge is 0.240 e. The second kappa shape index (κ2) is 5.23. The highest BCUT2D eigenvalue weighted by Crippen LogP contribution is 2.11. The molecular weight excluding hydrogens is 192 g/mol. The van der Waals surface area contributed by atoms with Crippen LogP contribution in [-0.2, 0) is 6.54 Å². The topological polar surface area (TPSA) is 54.2 Å². The van der Waals surface area contributed by atoms with Crippen molar-refractivity contribution < 1.29 is 4.52 Å². The van der Waals surface area contributed by atoms with E-state index >= 15 is 0 Å². The summed E-state index contributed by atoms with van der Waals surface area (Å²) in [5, 5.41) is 7.02. The number of nitrogens with zero attached hydrogens (tertiary/aromatic N) is 3. The molecule has 84 valence electrons. The van der Waals surface area contributed by atoms with Crippen LogP contribution in [0.3, 0.4) is 0 Å². The number of aromatic nitrogens is 2. The van der Waals surface area contributed by atoms with Crippen LogP contribution in [0.5, 0.6) is 0 Å². The van der Waals surface area contributed by atoms with Gasteiger partial charge in [-0.3, -0.25) is 4.90 Å². The van der Waals surface area contributed by atoms with Crippen molar-refractivity contribution >= 4 is 0 Å². The molecule has 1 aliphatic rings. The van der Waals surface area contributed by atoms with Crippen molar-refractivity contribution in [3.8, 4) is 0 Å². The summed E-state index contributed by atoms with van der Waals surface area (Å²) in [4.78, 5) is 6.26. The Labute approximate surface area is 89.8 Å². The highest BCUT2D eigenvalue weighted by molar-refractivity contribution is 4.76. The first-order valence-electron chi connectivity index (χ1n) is 5.49. The van der Waals surface area contributed by atoms with Crippen LogP contribution in [0.1, 0.15) is 18.7 Å². The highest BCUT2D eigenvalue weighted by atomic mass is 16.5. The molecule has 0 aliphatic carbocycles. The summed E-state index contributed by atoms with van der Waals surface area (Å²) in [6, 6.07) is 0. The Morgan fingerprint density at radius 3 is 3.27 bits per heavy atom. The van der Waals surface area contributed by atoms with Crippen LogP contribution < -0.4 is 5.32 Å². The minimum Gasteiger partial charge on any atom is -0.338 e. The molecule has 1 saturated heterocycles. The Bertz CT molecular complexity index is 269. The maximum absolute atomic E-state index is 4.97. The van der Waals surface area contributed by atoms with Crippen LogP contribution in [-0.4, -0.2) is 41.7 Å². The van der Waals surface area contributed by atoms with Crippen LogP contribution in [0.4, 0.5) is 0 Å². The molecule has 15 heavy (non-hydrogen) atoms. The van der Waals surface area contributed by atoms with E-state index < -0.39 is 0 Å². The lowest BCUT2D eigenvalue weighted by Gasteiger charge is -2.26. The number of nitrogens with one attached hydrogen (secondary N) is 1. The van der Waals surface area contributed by atoms with Crippen LogP contribution in [0.15, 0.2) is 10.9 Å². The minimum atomic E-state index is 0.696. The number of piperidine rings is 1. The van der Waals surface area contributed by atoms with E-state index in [9.17, 15) is 0 Å². The van der Waals surface area contributed by atoms with Crippen molar-refractivity contribution in [2.75, 3.05) is 26.7 Å². The van der Waals surface area contributed by atoms with Crippen molar-refractivity contribution in [2.45, 2.75) is 19.4 Å². The molecule has 1 aliphatic heterocycles. The van der Waals surface area contributed by atoms with Gasteiger partial charge in [0.1, 0.15) is 0 Å². The third kappa shape index (κ3) is 3.28. The fourth-order valence-corrected chi connectivity index (χ4v) is 2.08. The molecule has 5 heteroatoms. The fourth-order valence-electron chi connectivity index (χ4n) is 2.08. The highest BCUT2D eigenvalue weighted by Gasteiger charge is 2.15. The maximum atomic E-state index is 4.97. The lowest BCUT2D eigenvalue weighted by atomic mass is 9.99. The molecule has 1 aromatic heterocycles. The van der Waals surface area contributed by atoms with Gasteiger partial charge in [0, 0.05) is 6.54 Å². The monoisotopic (exact) mass is 210 g/mol. The molecular formula is C10H18N4O. The van der Waals surface area contributed by atoms with Gasteiger partial charge in [-0.15, -0.1) is 0 Å². The van der Waals surface area contributed by atoms with Gasteiger partial charge in [0.05, 0.1) is 6.54 Å². The lowest BCUT2D eigenvalue weighted by Crippen LogP contribution is -2.36. The van der Waals surface area contributed by atoms with Crippen molar-refractivity contribution in [1.82, 2.24) is 20.4 Å². The first kappa shape index (κ1) is 10.6. The molecule has 1 fully saturated rings. The first-order chi connectivity index (χ1) is 7.34.